The smallest absolute Gasteiger partial charge is 0.266 e. The van der Waals surface area contributed by atoms with Crippen LogP contribution in [0.2, 0.25) is 0 Å². The zero-order valence-corrected chi connectivity index (χ0v) is 14.3. The van der Waals surface area contributed by atoms with Gasteiger partial charge in [-0.1, -0.05) is 22.0 Å². The van der Waals surface area contributed by atoms with Gasteiger partial charge < -0.3 is 16.0 Å². The molecule has 1 aliphatic heterocycles. The number of nitrogens with zero attached hydrogens (tertiary/aromatic N) is 1. The summed E-state index contributed by atoms with van der Waals surface area (Å²) in [6, 6.07) is 6.23. The van der Waals surface area contributed by atoms with E-state index in [9.17, 15) is 4.79 Å². The molecule has 3 rings (SSSR count). The molecule has 1 amide bonds. The van der Waals surface area contributed by atoms with Crippen LogP contribution in [0.5, 0.6) is 0 Å². The minimum atomic E-state index is 0.0386. The average Bonchev–Trinajstić information content (AvgIpc) is 2.83. The SMILES string of the molecule is CN(C(=O)c1sc2cc(Br)ccc2c1N)C1CCNCC1. The van der Waals surface area contributed by atoms with Crippen LogP contribution in [-0.2, 0) is 0 Å². The van der Waals surface area contributed by atoms with Crippen molar-refractivity contribution in [3.8, 4) is 0 Å². The normalized spacial score (nSPS) is 16.3. The Bertz CT molecular complexity index is 679. The van der Waals surface area contributed by atoms with Crippen molar-refractivity contribution in [3.63, 3.8) is 0 Å². The third-order valence-electron chi connectivity index (χ3n) is 4.06. The number of carbonyl (C=O) groups excluding carboxylic acids is 1. The van der Waals surface area contributed by atoms with Gasteiger partial charge in [-0.25, -0.2) is 0 Å². The number of thiophene rings is 1. The van der Waals surface area contributed by atoms with Gasteiger partial charge in [0.05, 0.1) is 5.69 Å². The van der Waals surface area contributed by atoms with E-state index in [0.29, 0.717) is 16.6 Å². The fourth-order valence-electron chi connectivity index (χ4n) is 2.77. The number of nitrogen functional groups attached to an aromatic ring is 1. The number of hydrogen-bond acceptors (Lipinski definition) is 4. The monoisotopic (exact) mass is 367 g/mol. The molecule has 112 valence electrons. The van der Waals surface area contributed by atoms with Gasteiger partial charge in [-0.2, -0.15) is 0 Å². The molecule has 0 unspecified atom stereocenters. The lowest BCUT2D eigenvalue weighted by molar-refractivity contribution is 0.0709. The molecule has 1 aromatic carbocycles. The molecule has 3 N–H and O–H groups in total. The number of fused-ring (bicyclic) bond motifs is 1. The molecule has 2 aromatic rings. The molecule has 1 fully saturated rings. The van der Waals surface area contributed by atoms with Crippen molar-refractivity contribution in [1.29, 1.82) is 0 Å². The van der Waals surface area contributed by atoms with Crippen molar-refractivity contribution >= 4 is 48.9 Å². The number of benzene rings is 1. The summed E-state index contributed by atoms with van der Waals surface area (Å²) in [5.41, 5.74) is 6.80. The first-order chi connectivity index (χ1) is 10.1. The Hall–Kier alpha value is -1.11. The predicted octanol–water partition coefficient (Wildman–Crippen LogP) is 3.07. The molecule has 0 atom stereocenters. The number of amides is 1. The molecule has 6 heteroatoms. The summed E-state index contributed by atoms with van der Waals surface area (Å²) in [5.74, 6) is 0.0386. The van der Waals surface area contributed by atoms with Crippen LogP contribution in [0.4, 0.5) is 5.69 Å². The number of carbonyl (C=O) groups is 1. The number of anilines is 1. The van der Waals surface area contributed by atoms with Crippen molar-refractivity contribution in [1.82, 2.24) is 10.2 Å². The lowest BCUT2D eigenvalue weighted by Gasteiger charge is -2.31. The Morgan fingerprint density at radius 2 is 2.14 bits per heavy atom. The molecular formula is C15H18BrN3OS. The lowest BCUT2D eigenvalue weighted by atomic mass is 10.1. The van der Waals surface area contributed by atoms with E-state index in [1.165, 1.54) is 11.3 Å². The Morgan fingerprint density at radius 1 is 1.43 bits per heavy atom. The quantitative estimate of drug-likeness (QED) is 0.857. The summed E-state index contributed by atoms with van der Waals surface area (Å²) < 4.78 is 2.05. The highest BCUT2D eigenvalue weighted by molar-refractivity contribution is 9.10. The van der Waals surface area contributed by atoms with Crippen LogP contribution < -0.4 is 11.1 Å². The second kappa shape index (κ2) is 5.94. The van der Waals surface area contributed by atoms with Crippen LogP contribution in [0, 0.1) is 0 Å². The van der Waals surface area contributed by atoms with E-state index in [0.717, 1.165) is 40.5 Å². The number of hydrogen-bond donors (Lipinski definition) is 2. The zero-order chi connectivity index (χ0) is 15.0. The van der Waals surface area contributed by atoms with Crippen LogP contribution >= 0.6 is 27.3 Å². The van der Waals surface area contributed by atoms with Gasteiger partial charge in [0.25, 0.3) is 5.91 Å². The maximum absolute atomic E-state index is 12.7. The van der Waals surface area contributed by atoms with Crippen LogP contribution in [0.3, 0.4) is 0 Å². The number of rotatable bonds is 2. The summed E-state index contributed by atoms with van der Waals surface area (Å²) in [5, 5.41) is 4.29. The third kappa shape index (κ3) is 2.80. The number of nitrogens with two attached hydrogens (primary N) is 1. The number of halogens is 1. The summed E-state index contributed by atoms with van der Waals surface area (Å²) in [6.07, 6.45) is 2.00. The molecule has 2 heterocycles. The van der Waals surface area contributed by atoms with Gasteiger partial charge in [0, 0.05) is 27.6 Å². The summed E-state index contributed by atoms with van der Waals surface area (Å²) in [7, 11) is 1.89. The van der Waals surface area contributed by atoms with Gasteiger partial charge in [-0.05, 0) is 38.1 Å². The number of nitrogens with one attached hydrogen (secondary N) is 1. The van der Waals surface area contributed by atoms with Crippen molar-refractivity contribution in [2.75, 3.05) is 25.9 Å². The maximum atomic E-state index is 12.7. The lowest BCUT2D eigenvalue weighted by Crippen LogP contribution is -2.43. The molecule has 4 nitrogen and oxygen atoms in total. The van der Waals surface area contributed by atoms with Crippen LogP contribution in [0.1, 0.15) is 22.5 Å². The number of piperidine rings is 1. The Kier molecular flexibility index (Phi) is 4.19. The molecular weight excluding hydrogens is 350 g/mol. The van der Waals surface area contributed by atoms with Gasteiger partial charge in [0.15, 0.2) is 0 Å². The average molecular weight is 368 g/mol. The fourth-order valence-corrected chi connectivity index (χ4v) is 4.43. The zero-order valence-electron chi connectivity index (χ0n) is 11.9. The Labute approximate surface area is 136 Å². The van der Waals surface area contributed by atoms with Gasteiger partial charge in [-0.15, -0.1) is 11.3 Å². The largest absolute Gasteiger partial charge is 0.397 e. The second-order valence-electron chi connectivity index (χ2n) is 5.38. The standard InChI is InChI=1S/C15H18BrN3OS/c1-19(10-4-6-18-7-5-10)15(20)14-13(17)11-3-2-9(16)8-12(11)21-14/h2-3,8,10,18H,4-7,17H2,1H3. The highest BCUT2D eigenvalue weighted by Gasteiger charge is 2.26. The van der Waals surface area contributed by atoms with E-state index in [4.69, 9.17) is 5.73 Å². The van der Waals surface area contributed by atoms with Crippen LogP contribution in [0.25, 0.3) is 10.1 Å². The molecule has 0 spiro atoms. The first kappa shape index (κ1) is 14.8. The first-order valence-corrected chi connectivity index (χ1v) is 8.64. The van der Waals surface area contributed by atoms with Gasteiger partial charge in [-0.3, -0.25) is 4.79 Å². The van der Waals surface area contributed by atoms with E-state index in [-0.39, 0.29) is 5.91 Å². The molecule has 0 aliphatic carbocycles. The molecule has 1 aliphatic rings. The van der Waals surface area contributed by atoms with Crippen molar-refractivity contribution in [2.45, 2.75) is 18.9 Å². The summed E-state index contributed by atoms with van der Waals surface area (Å²) in [6.45, 7) is 1.94. The van der Waals surface area contributed by atoms with Crippen LogP contribution in [0.15, 0.2) is 22.7 Å². The third-order valence-corrected chi connectivity index (χ3v) is 5.71. The van der Waals surface area contributed by atoms with Crippen molar-refractivity contribution in [3.05, 3.63) is 27.5 Å². The molecule has 0 saturated carbocycles. The Morgan fingerprint density at radius 3 is 2.86 bits per heavy atom. The molecule has 0 radical (unpaired) electrons. The van der Waals surface area contributed by atoms with E-state index in [1.54, 1.807) is 0 Å². The Balaban J connectivity index is 1.91. The fraction of sp³-hybridized carbons (Fsp3) is 0.400. The van der Waals surface area contributed by atoms with Gasteiger partial charge >= 0.3 is 0 Å². The van der Waals surface area contributed by atoms with Crippen molar-refractivity contribution < 1.29 is 4.79 Å². The van der Waals surface area contributed by atoms with E-state index >= 15 is 0 Å². The second-order valence-corrected chi connectivity index (χ2v) is 7.35. The summed E-state index contributed by atoms with van der Waals surface area (Å²) >= 11 is 4.93. The predicted molar refractivity (Wildman–Crippen MR) is 91.9 cm³/mol. The molecule has 1 aromatic heterocycles. The summed E-state index contributed by atoms with van der Waals surface area (Å²) in [4.78, 5) is 15.3. The van der Waals surface area contributed by atoms with Gasteiger partial charge in [0.1, 0.15) is 4.88 Å². The van der Waals surface area contributed by atoms with E-state index < -0.39 is 0 Å². The van der Waals surface area contributed by atoms with Crippen LogP contribution in [-0.4, -0.2) is 37.0 Å². The molecule has 1 saturated heterocycles. The molecule has 0 bridgehead atoms. The van der Waals surface area contributed by atoms with Gasteiger partial charge in [0.2, 0.25) is 0 Å². The highest BCUT2D eigenvalue weighted by atomic mass is 79.9. The maximum Gasteiger partial charge on any atom is 0.266 e. The minimum absolute atomic E-state index is 0.0386. The minimum Gasteiger partial charge on any atom is -0.397 e. The van der Waals surface area contributed by atoms with E-state index in [2.05, 4.69) is 21.2 Å². The topological polar surface area (TPSA) is 58.4 Å². The van der Waals surface area contributed by atoms with Crippen molar-refractivity contribution in [2.24, 2.45) is 0 Å². The highest BCUT2D eigenvalue weighted by Crippen LogP contribution is 2.36. The van der Waals surface area contributed by atoms with E-state index in [1.807, 2.05) is 30.1 Å². The molecule has 21 heavy (non-hydrogen) atoms. The first-order valence-electron chi connectivity index (χ1n) is 7.03.